The van der Waals surface area contributed by atoms with Crippen LogP contribution in [-0.2, 0) is 20.7 Å². The lowest BCUT2D eigenvalue weighted by Crippen LogP contribution is -2.33. The van der Waals surface area contributed by atoms with E-state index in [1.807, 2.05) is 0 Å². The van der Waals surface area contributed by atoms with Gasteiger partial charge in [0.1, 0.15) is 11.2 Å². The van der Waals surface area contributed by atoms with Crippen LogP contribution in [0.2, 0.25) is 0 Å². The Balaban J connectivity index is 2.00. The van der Waals surface area contributed by atoms with Gasteiger partial charge >= 0.3 is 0 Å². The average molecular weight is 320 g/mol. The summed E-state index contributed by atoms with van der Waals surface area (Å²) < 4.78 is 11.7. The Hall–Kier alpha value is -2.16. The SMILES string of the molecule is COC1(c2ccc(C)cc2)C=CC(OC)(c2ccc(C)cc2)C=C1. The summed E-state index contributed by atoms with van der Waals surface area (Å²) in [6.07, 6.45) is 8.34. The first-order chi connectivity index (χ1) is 11.5. The standard InChI is InChI=1S/C22H24O2/c1-17-5-9-19(10-6-17)21(23-3)13-15-22(24-4,16-14-21)20-11-7-18(2)8-12-20/h5-16H,1-4H3. The molecule has 0 amide bonds. The highest BCUT2D eigenvalue weighted by Crippen LogP contribution is 2.39. The summed E-state index contributed by atoms with van der Waals surface area (Å²) in [6.45, 7) is 4.17. The van der Waals surface area contributed by atoms with Gasteiger partial charge in [-0.2, -0.15) is 0 Å². The number of aryl methyl sites for hydroxylation is 2. The third-order valence-corrected chi connectivity index (χ3v) is 4.84. The fraction of sp³-hybridized carbons (Fsp3) is 0.273. The van der Waals surface area contributed by atoms with E-state index >= 15 is 0 Å². The maximum Gasteiger partial charge on any atom is 0.129 e. The summed E-state index contributed by atoms with van der Waals surface area (Å²) in [5.74, 6) is 0. The number of hydrogen-bond acceptors (Lipinski definition) is 2. The van der Waals surface area contributed by atoms with Crippen LogP contribution in [0.4, 0.5) is 0 Å². The van der Waals surface area contributed by atoms with Gasteiger partial charge in [0.05, 0.1) is 0 Å². The lowest BCUT2D eigenvalue weighted by atomic mass is 9.81. The average Bonchev–Trinajstić information content (AvgIpc) is 2.63. The van der Waals surface area contributed by atoms with Crippen LogP contribution in [0.15, 0.2) is 72.8 Å². The van der Waals surface area contributed by atoms with E-state index in [4.69, 9.17) is 9.47 Å². The summed E-state index contributed by atoms with van der Waals surface area (Å²) >= 11 is 0. The van der Waals surface area contributed by atoms with E-state index < -0.39 is 11.2 Å². The Morgan fingerprint density at radius 3 is 1.08 bits per heavy atom. The van der Waals surface area contributed by atoms with Gasteiger partial charge in [-0.3, -0.25) is 0 Å². The van der Waals surface area contributed by atoms with Gasteiger partial charge < -0.3 is 9.47 Å². The highest BCUT2D eigenvalue weighted by Gasteiger charge is 2.36. The molecule has 124 valence electrons. The Labute approximate surface area is 144 Å². The van der Waals surface area contributed by atoms with Crippen LogP contribution >= 0.6 is 0 Å². The van der Waals surface area contributed by atoms with Crippen LogP contribution in [0.25, 0.3) is 0 Å². The lowest BCUT2D eigenvalue weighted by molar-refractivity contribution is 0.0421. The molecule has 0 fully saturated rings. The molecule has 2 nitrogen and oxygen atoms in total. The third-order valence-electron chi connectivity index (χ3n) is 4.84. The molecule has 2 aromatic carbocycles. The molecule has 1 aliphatic rings. The van der Waals surface area contributed by atoms with Crippen molar-refractivity contribution in [2.75, 3.05) is 14.2 Å². The second-order valence-corrected chi connectivity index (χ2v) is 6.39. The maximum atomic E-state index is 5.87. The predicted molar refractivity (Wildman–Crippen MR) is 98.0 cm³/mol. The number of methoxy groups -OCH3 is 2. The molecule has 0 aliphatic heterocycles. The zero-order valence-corrected chi connectivity index (χ0v) is 14.7. The summed E-state index contributed by atoms with van der Waals surface area (Å²) in [5, 5.41) is 0. The first-order valence-corrected chi connectivity index (χ1v) is 8.19. The van der Waals surface area contributed by atoms with Gasteiger partial charge in [0.2, 0.25) is 0 Å². The highest BCUT2D eigenvalue weighted by molar-refractivity contribution is 5.44. The smallest absolute Gasteiger partial charge is 0.129 e. The molecule has 1 aliphatic carbocycles. The molecule has 2 heteroatoms. The molecule has 0 bridgehead atoms. The molecular formula is C22H24O2. The van der Waals surface area contributed by atoms with Crippen molar-refractivity contribution in [1.29, 1.82) is 0 Å². The molecule has 0 saturated heterocycles. The van der Waals surface area contributed by atoms with E-state index in [1.54, 1.807) is 14.2 Å². The summed E-state index contributed by atoms with van der Waals surface area (Å²) in [7, 11) is 3.47. The molecule has 0 aromatic heterocycles. The molecule has 0 atom stereocenters. The first-order valence-electron chi connectivity index (χ1n) is 8.19. The normalized spacial score (nSPS) is 25.8. The van der Waals surface area contributed by atoms with E-state index in [0.717, 1.165) is 11.1 Å². The lowest BCUT2D eigenvalue weighted by Gasteiger charge is -2.36. The number of benzene rings is 2. The van der Waals surface area contributed by atoms with Gasteiger partial charge in [-0.1, -0.05) is 59.7 Å². The van der Waals surface area contributed by atoms with Crippen LogP contribution in [-0.4, -0.2) is 14.2 Å². The van der Waals surface area contributed by atoms with Crippen molar-refractivity contribution in [2.24, 2.45) is 0 Å². The largest absolute Gasteiger partial charge is 0.365 e. The van der Waals surface area contributed by atoms with Crippen molar-refractivity contribution >= 4 is 0 Å². The zero-order chi connectivity index (χ0) is 17.2. The van der Waals surface area contributed by atoms with Gasteiger partial charge in [0.25, 0.3) is 0 Å². The molecule has 0 unspecified atom stereocenters. The van der Waals surface area contributed by atoms with Crippen molar-refractivity contribution in [3.05, 3.63) is 95.1 Å². The molecule has 0 saturated carbocycles. The van der Waals surface area contributed by atoms with E-state index in [-0.39, 0.29) is 0 Å². The van der Waals surface area contributed by atoms with E-state index in [2.05, 4.69) is 86.7 Å². The highest BCUT2D eigenvalue weighted by atomic mass is 16.5. The molecule has 24 heavy (non-hydrogen) atoms. The Morgan fingerprint density at radius 1 is 0.542 bits per heavy atom. The van der Waals surface area contributed by atoms with Crippen LogP contribution in [0.1, 0.15) is 22.3 Å². The summed E-state index contributed by atoms with van der Waals surface area (Å²) in [4.78, 5) is 0. The summed E-state index contributed by atoms with van der Waals surface area (Å²) in [6, 6.07) is 16.9. The zero-order valence-electron chi connectivity index (χ0n) is 14.7. The molecular weight excluding hydrogens is 296 g/mol. The molecule has 0 spiro atoms. The van der Waals surface area contributed by atoms with Crippen molar-refractivity contribution in [3.8, 4) is 0 Å². The fourth-order valence-corrected chi connectivity index (χ4v) is 3.13. The second-order valence-electron chi connectivity index (χ2n) is 6.39. The molecule has 0 radical (unpaired) electrons. The van der Waals surface area contributed by atoms with Crippen LogP contribution in [0.5, 0.6) is 0 Å². The third kappa shape index (κ3) is 2.83. The van der Waals surface area contributed by atoms with Gasteiger partial charge in [0.15, 0.2) is 0 Å². The Kier molecular flexibility index (Phi) is 4.44. The van der Waals surface area contributed by atoms with E-state index in [1.165, 1.54) is 11.1 Å². The quantitative estimate of drug-likeness (QED) is 0.752. The maximum absolute atomic E-state index is 5.87. The van der Waals surface area contributed by atoms with Gasteiger partial charge in [-0.15, -0.1) is 0 Å². The van der Waals surface area contributed by atoms with Crippen LogP contribution in [0, 0.1) is 13.8 Å². The minimum absolute atomic E-state index is 0.555. The van der Waals surface area contributed by atoms with Crippen LogP contribution in [0.3, 0.4) is 0 Å². The topological polar surface area (TPSA) is 18.5 Å². The minimum Gasteiger partial charge on any atom is -0.365 e. The number of ether oxygens (including phenoxy) is 2. The van der Waals surface area contributed by atoms with Crippen molar-refractivity contribution in [1.82, 2.24) is 0 Å². The van der Waals surface area contributed by atoms with Gasteiger partial charge in [-0.25, -0.2) is 0 Å². The Bertz CT molecular complexity index is 672. The summed E-state index contributed by atoms with van der Waals surface area (Å²) in [5.41, 5.74) is 3.58. The number of hydrogen-bond donors (Lipinski definition) is 0. The molecule has 3 rings (SSSR count). The Morgan fingerprint density at radius 2 is 0.833 bits per heavy atom. The van der Waals surface area contributed by atoms with E-state index in [0.29, 0.717) is 0 Å². The van der Waals surface area contributed by atoms with Crippen molar-refractivity contribution in [3.63, 3.8) is 0 Å². The first kappa shape index (κ1) is 16.7. The van der Waals surface area contributed by atoms with Crippen LogP contribution < -0.4 is 0 Å². The van der Waals surface area contributed by atoms with E-state index in [9.17, 15) is 0 Å². The molecule has 2 aromatic rings. The molecule has 0 heterocycles. The van der Waals surface area contributed by atoms with Crippen molar-refractivity contribution < 1.29 is 9.47 Å². The monoisotopic (exact) mass is 320 g/mol. The predicted octanol–water partition coefficient (Wildman–Crippen LogP) is 4.81. The minimum atomic E-state index is -0.555. The fourth-order valence-electron chi connectivity index (χ4n) is 3.13. The molecule has 0 N–H and O–H groups in total. The number of rotatable bonds is 4. The van der Waals surface area contributed by atoms with Gasteiger partial charge in [0, 0.05) is 14.2 Å². The van der Waals surface area contributed by atoms with Crippen molar-refractivity contribution in [2.45, 2.75) is 25.0 Å². The van der Waals surface area contributed by atoms with Gasteiger partial charge in [-0.05, 0) is 49.3 Å². The second kappa shape index (κ2) is 6.39.